The Morgan fingerprint density at radius 3 is 2.68 bits per heavy atom. The van der Waals surface area contributed by atoms with Crippen LogP contribution in [0.2, 0.25) is 0 Å². The number of benzene rings is 1. The summed E-state index contributed by atoms with van der Waals surface area (Å²) in [6.07, 6.45) is 1.61. The van der Waals surface area contributed by atoms with E-state index in [9.17, 15) is 12.8 Å². The molecule has 1 rings (SSSR count). The number of halogens is 1. The van der Waals surface area contributed by atoms with Crippen LogP contribution in [0.5, 0.6) is 5.75 Å². The zero-order valence-corrected chi connectivity index (χ0v) is 12.3. The first kappa shape index (κ1) is 15.9. The van der Waals surface area contributed by atoms with Crippen molar-refractivity contribution in [3.63, 3.8) is 0 Å². The number of hydrogen-bond acceptors (Lipinski definition) is 4. The predicted octanol–water partition coefficient (Wildman–Crippen LogP) is 1.92. The monoisotopic (exact) mass is 289 g/mol. The van der Waals surface area contributed by atoms with Gasteiger partial charge in [0, 0.05) is 17.9 Å². The summed E-state index contributed by atoms with van der Waals surface area (Å²) in [6, 6.07) is 4.28. The molecular formula is C13H20FNO3S. The van der Waals surface area contributed by atoms with E-state index in [1.54, 1.807) is 13.1 Å². The van der Waals surface area contributed by atoms with E-state index in [-0.39, 0.29) is 17.6 Å². The Bertz CT molecular complexity index is 517. The van der Waals surface area contributed by atoms with E-state index in [4.69, 9.17) is 4.74 Å². The van der Waals surface area contributed by atoms with Crippen molar-refractivity contribution in [3.05, 3.63) is 29.6 Å². The van der Waals surface area contributed by atoms with Gasteiger partial charge in [-0.15, -0.1) is 0 Å². The minimum absolute atomic E-state index is 0.0411. The van der Waals surface area contributed by atoms with Crippen LogP contribution in [0.3, 0.4) is 0 Å². The zero-order valence-electron chi connectivity index (χ0n) is 11.4. The zero-order chi connectivity index (χ0) is 14.5. The van der Waals surface area contributed by atoms with Crippen LogP contribution < -0.4 is 10.1 Å². The van der Waals surface area contributed by atoms with Gasteiger partial charge in [0.15, 0.2) is 0 Å². The molecule has 0 heterocycles. The van der Waals surface area contributed by atoms with E-state index in [1.165, 1.54) is 18.4 Å². The summed E-state index contributed by atoms with van der Waals surface area (Å²) >= 11 is 0. The van der Waals surface area contributed by atoms with Gasteiger partial charge in [-0.3, -0.25) is 0 Å². The molecule has 1 aromatic carbocycles. The van der Waals surface area contributed by atoms with E-state index >= 15 is 0 Å². The van der Waals surface area contributed by atoms with Crippen molar-refractivity contribution in [3.8, 4) is 5.75 Å². The third kappa shape index (κ3) is 5.57. The van der Waals surface area contributed by atoms with E-state index in [2.05, 4.69) is 5.32 Å². The van der Waals surface area contributed by atoms with Gasteiger partial charge in [-0.05, 0) is 38.6 Å². The summed E-state index contributed by atoms with van der Waals surface area (Å²) in [5, 5.41) is 3.02. The normalized spacial score (nSPS) is 13.3. The molecule has 4 nitrogen and oxygen atoms in total. The lowest BCUT2D eigenvalue weighted by Gasteiger charge is -2.16. The number of nitrogens with one attached hydrogen (secondary N) is 1. The molecule has 0 saturated heterocycles. The highest BCUT2D eigenvalue weighted by molar-refractivity contribution is 7.90. The number of rotatable bonds is 7. The Labute approximate surface area is 113 Å². The van der Waals surface area contributed by atoms with Crippen molar-refractivity contribution < 1.29 is 17.5 Å². The molecule has 1 unspecified atom stereocenters. The topological polar surface area (TPSA) is 55.4 Å². The van der Waals surface area contributed by atoms with Gasteiger partial charge in [0.25, 0.3) is 0 Å². The second kappa shape index (κ2) is 6.86. The summed E-state index contributed by atoms with van der Waals surface area (Å²) in [5.74, 6) is 0.350. The van der Waals surface area contributed by atoms with Crippen LogP contribution in [0, 0.1) is 5.82 Å². The summed E-state index contributed by atoms with van der Waals surface area (Å²) in [5.41, 5.74) is 0.724. The van der Waals surface area contributed by atoms with Crippen molar-refractivity contribution in [1.82, 2.24) is 5.32 Å². The van der Waals surface area contributed by atoms with E-state index in [1.807, 2.05) is 6.92 Å². The van der Waals surface area contributed by atoms with Crippen LogP contribution in [-0.2, 0) is 9.84 Å². The summed E-state index contributed by atoms with van der Waals surface area (Å²) < 4.78 is 40.8. The Balaban J connectivity index is 2.67. The van der Waals surface area contributed by atoms with Crippen molar-refractivity contribution in [2.24, 2.45) is 0 Å². The molecule has 0 radical (unpaired) electrons. The molecule has 0 aliphatic carbocycles. The standard InChI is InChI=1S/C13H20FNO3S/c1-10(15-2)12-9-11(14)5-6-13(12)18-7-4-8-19(3,16)17/h5-6,9-10,15H,4,7-8H2,1-3H3. The number of hydrogen-bond donors (Lipinski definition) is 1. The molecule has 1 N–H and O–H groups in total. The average Bonchev–Trinajstić information content (AvgIpc) is 2.33. The maximum atomic E-state index is 13.2. The fraction of sp³-hybridized carbons (Fsp3) is 0.538. The quantitative estimate of drug-likeness (QED) is 0.779. The van der Waals surface area contributed by atoms with Crippen LogP contribution in [0.25, 0.3) is 0 Å². The molecular weight excluding hydrogens is 269 g/mol. The minimum Gasteiger partial charge on any atom is -0.493 e. The fourth-order valence-electron chi connectivity index (χ4n) is 1.65. The van der Waals surface area contributed by atoms with Gasteiger partial charge in [0.2, 0.25) is 0 Å². The predicted molar refractivity (Wildman–Crippen MR) is 73.7 cm³/mol. The lowest BCUT2D eigenvalue weighted by Crippen LogP contribution is -2.15. The van der Waals surface area contributed by atoms with Crippen LogP contribution >= 0.6 is 0 Å². The fourth-order valence-corrected chi connectivity index (χ4v) is 2.29. The maximum absolute atomic E-state index is 13.2. The molecule has 0 bridgehead atoms. The molecule has 0 aromatic heterocycles. The van der Waals surface area contributed by atoms with E-state index in [0.717, 1.165) is 5.56 Å². The SMILES string of the molecule is CNC(C)c1cc(F)ccc1OCCCS(C)(=O)=O. The second-order valence-electron chi connectivity index (χ2n) is 4.52. The Morgan fingerprint density at radius 2 is 2.11 bits per heavy atom. The van der Waals surface area contributed by atoms with Crippen LogP contribution in [0.15, 0.2) is 18.2 Å². The Morgan fingerprint density at radius 1 is 1.42 bits per heavy atom. The summed E-state index contributed by atoms with van der Waals surface area (Å²) in [6.45, 7) is 2.19. The number of ether oxygens (including phenoxy) is 1. The molecule has 0 fully saturated rings. The molecule has 1 aromatic rings. The minimum atomic E-state index is -2.97. The third-order valence-corrected chi connectivity index (χ3v) is 3.82. The molecule has 108 valence electrons. The highest BCUT2D eigenvalue weighted by Crippen LogP contribution is 2.26. The summed E-state index contributed by atoms with van der Waals surface area (Å²) in [7, 11) is -1.19. The Hall–Kier alpha value is -1.14. The lowest BCUT2D eigenvalue weighted by atomic mass is 10.1. The van der Waals surface area contributed by atoms with Crippen LogP contribution in [-0.4, -0.2) is 34.1 Å². The van der Waals surface area contributed by atoms with E-state index in [0.29, 0.717) is 18.8 Å². The highest BCUT2D eigenvalue weighted by atomic mass is 32.2. The van der Waals surface area contributed by atoms with Gasteiger partial charge in [-0.25, -0.2) is 12.8 Å². The number of sulfone groups is 1. The largest absolute Gasteiger partial charge is 0.493 e. The van der Waals surface area contributed by atoms with Gasteiger partial charge in [-0.1, -0.05) is 0 Å². The highest BCUT2D eigenvalue weighted by Gasteiger charge is 2.11. The van der Waals surface area contributed by atoms with Gasteiger partial charge in [0.1, 0.15) is 21.4 Å². The molecule has 0 spiro atoms. The molecule has 0 aliphatic heterocycles. The van der Waals surface area contributed by atoms with Crippen LogP contribution in [0.1, 0.15) is 24.9 Å². The van der Waals surface area contributed by atoms with Gasteiger partial charge in [0.05, 0.1) is 12.4 Å². The lowest BCUT2D eigenvalue weighted by molar-refractivity contribution is 0.311. The summed E-state index contributed by atoms with van der Waals surface area (Å²) in [4.78, 5) is 0. The smallest absolute Gasteiger partial charge is 0.147 e. The molecule has 0 aliphatic rings. The van der Waals surface area contributed by atoms with Gasteiger partial charge >= 0.3 is 0 Å². The van der Waals surface area contributed by atoms with Crippen molar-refractivity contribution >= 4 is 9.84 Å². The molecule has 0 saturated carbocycles. The van der Waals surface area contributed by atoms with Gasteiger partial charge in [-0.2, -0.15) is 0 Å². The third-order valence-electron chi connectivity index (χ3n) is 2.79. The molecule has 1 atom stereocenters. The van der Waals surface area contributed by atoms with Crippen molar-refractivity contribution in [2.75, 3.05) is 25.7 Å². The Kier molecular flexibility index (Phi) is 5.75. The first-order valence-corrected chi connectivity index (χ1v) is 8.17. The van der Waals surface area contributed by atoms with Gasteiger partial charge < -0.3 is 10.1 Å². The van der Waals surface area contributed by atoms with Crippen molar-refractivity contribution in [1.29, 1.82) is 0 Å². The first-order valence-electron chi connectivity index (χ1n) is 6.10. The molecule has 0 amide bonds. The first-order chi connectivity index (χ1) is 8.83. The second-order valence-corrected chi connectivity index (χ2v) is 6.78. The maximum Gasteiger partial charge on any atom is 0.147 e. The van der Waals surface area contributed by atoms with E-state index < -0.39 is 9.84 Å². The van der Waals surface area contributed by atoms with Crippen molar-refractivity contribution in [2.45, 2.75) is 19.4 Å². The molecule has 19 heavy (non-hydrogen) atoms. The average molecular weight is 289 g/mol. The molecule has 6 heteroatoms. The van der Waals surface area contributed by atoms with Crippen LogP contribution in [0.4, 0.5) is 4.39 Å².